The third-order valence-electron chi connectivity index (χ3n) is 2.73. The van der Waals surface area contributed by atoms with Gasteiger partial charge in [0.05, 0.1) is 11.6 Å². The molecule has 6 nitrogen and oxygen atoms in total. The Morgan fingerprint density at radius 3 is 2.86 bits per heavy atom. The van der Waals surface area contributed by atoms with Crippen molar-refractivity contribution < 1.29 is 14.7 Å². The van der Waals surface area contributed by atoms with E-state index < -0.39 is 0 Å². The second kappa shape index (κ2) is 6.94. The van der Waals surface area contributed by atoms with Crippen molar-refractivity contribution in [2.45, 2.75) is 6.61 Å². The van der Waals surface area contributed by atoms with Gasteiger partial charge in [0, 0.05) is 6.20 Å². The number of nitrogens with two attached hydrogens (primary N) is 1. The number of nitrogens with zero attached hydrogens (tertiary/aromatic N) is 2. The molecule has 0 saturated carbocycles. The Morgan fingerprint density at radius 2 is 2.19 bits per heavy atom. The molecule has 0 aliphatic rings. The molecule has 0 radical (unpaired) electrons. The molecule has 0 aliphatic heterocycles. The standard InChI is InChI=1S/C14H14BrN3O3/c1-20-10-2-3-13(11(15)7-10)21-8-9-4-5-17-12(6-9)14(16)18-19/h2-7,19H,8H2,1H3,(H2,16,18). The summed E-state index contributed by atoms with van der Waals surface area (Å²) in [4.78, 5) is 4.01. The second-order valence-corrected chi connectivity index (χ2v) is 4.97. The van der Waals surface area contributed by atoms with E-state index in [9.17, 15) is 0 Å². The third-order valence-corrected chi connectivity index (χ3v) is 3.35. The number of oxime groups is 1. The van der Waals surface area contributed by atoms with E-state index in [4.69, 9.17) is 20.4 Å². The van der Waals surface area contributed by atoms with Crippen LogP contribution in [-0.2, 0) is 6.61 Å². The van der Waals surface area contributed by atoms with Crippen LogP contribution in [0.2, 0.25) is 0 Å². The number of benzene rings is 1. The van der Waals surface area contributed by atoms with Crippen LogP contribution in [0.4, 0.5) is 0 Å². The molecule has 1 heterocycles. The monoisotopic (exact) mass is 351 g/mol. The highest BCUT2D eigenvalue weighted by molar-refractivity contribution is 9.10. The first-order valence-electron chi connectivity index (χ1n) is 6.03. The van der Waals surface area contributed by atoms with Crippen LogP contribution >= 0.6 is 15.9 Å². The lowest BCUT2D eigenvalue weighted by atomic mass is 10.2. The lowest BCUT2D eigenvalue weighted by Crippen LogP contribution is -2.15. The fourth-order valence-electron chi connectivity index (χ4n) is 1.64. The largest absolute Gasteiger partial charge is 0.497 e. The van der Waals surface area contributed by atoms with Gasteiger partial charge < -0.3 is 20.4 Å². The van der Waals surface area contributed by atoms with Crippen molar-refractivity contribution in [3.8, 4) is 11.5 Å². The van der Waals surface area contributed by atoms with Crippen molar-refractivity contribution >= 4 is 21.8 Å². The molecule has 0 bridgehead atoms. The third kappa shape index (κ3) is 3.85. The molecule has 2 aromatic rings. The summed E-state index contributed by atoms with van der Waals surface area (Å²) in [5.41, 5.74) is 6.75. The van der Waals surface area contributed by atoms with Crippen molar-refractivity contribution in [2.75, 3.05) is 7.11 Å². The first-order valence-corrected chi connectivity index (χ1v) is 6.82. The van der Waals surface area contributed by atoms with Gasteiger partial charge in [0.2, 0.25) is 0 Å². The van der Waals surface area contributed by atoms with Gasteiger partial charge in [-0.15, -0.1) is 0 Å². The van der Waals surface area contributed by atoms with Crippen molar-refractivity contribution in [1.29, 1.82) is 0 Å². The number of hydrogen-bond acceptors (Lipinski definition) is 5. The van der Waals surface area contributed by atoms with Crippen molar-refractivity contribution in [2.24, 2.45) is 10.9 Å². The zero-order chi connectivity index (χ0) is 15.2. The van der Waals surface area contributed by atoms with Crippen molar-refractivity contribution in [3.05, 3.63) is 52.3 Å². The molecule has 21 heavy (non-hydrogen) atoms. The van der Waals surface area contributed by atoms with Gasteiger partial charge in [-0.3, -0.25) is 4.98 Å². The Kier molecular flexibility index (Phi) is 4.99. The molecular weight excluding hydrogens is 338 g/mol. The fraction of sp³-hybridized carbons (Fsp3) is 0.143. The summed E-state index contributed by atoms with van der Waals surface area (Å²) in [6.45, 7) is 0.332. The smallest absolute Gasteiger partial charge is 0.188 e. The predicted molar refractivity (Wildman–Crippen MR) is 81.8 cm³/mol. The van der Waals surface area contributed by atoms with Crippen molar-refractivity contribution in [1.82, 2.24) is 4.98 Å². The molecule has 0 fully saturated rings. The highest BCUT2D eigenvalue weighted by Gasteiger charge is 2.06. The number of halogens is 1. The molecule has 3 N–H and O–H groups in total. The average Bonchev–Trinajstić information content (AvgIpc) is 2.53. The summed E-state index contributed by atoms with van der Waals surface area (Å²) in [7, 11) is 1.61. The maximum absolute atomic E-state index is 8.65. The molecule has 0 saturated heterocycles. The summed E-state index contributed by atoms with van der Waals surface area (Å²) < 4.78 is 11.6. The van der Waals surface area contributed by atoms with Gasteiger partial charge in [-0.25, -0.2) is 0 Å². The first-order chi connectivity index (χ1) is 10.1. The molecule has 1 aromatic carbocycles. The molecule has 2 rings (SSSR count). The molecule has 0 unspecified atom stereocenters. The number of pyridine rings is 1. The molecular formula is C14H14BrN3O3. The number of hydrogen-bond donors (Lipinski definition) is 2. The van der Waals surface area contributed by atoms with Crippen LogP contribution in [0, 0.1) is 0 Å². The van der Waals surface area contributed by atoms with Crippen LogP contribution in [-0.4, -0.2) is 23.1 Å². The molecule has 0 spiro atoms. The number of aromatic nitrogens is 1. The summed E-state index contributed by atoms with van der Waals surface area (Å²) in [5, 5.41) is 11.6. The highest BCUT2D eigenvalue weighted by atomic mass is 79.9. The summed E-state index contributed by atoms with van der Waals surface area (Å²) in [6, 6.07) is 8.95. The number of ether oxygens (including phenoxy) is 2. The van der Waals surface area contributed by atoms with E-state index in [-0.39, 0.29) is 5.84 Å². The number of amidine groups is 1. The molecule has 0 aliphatic carbocycles. The van der Waals surface area contributed by atoms with Crippen LogP contribution in [0.3, 0.4) is 0 Å². The first kappa shape index (κ1) is 15.1. The quantitative estimate of drug-likeness (QED) is 0.374. The SMILES string of the molecule is COc1ccc(OCc2ccnc(/C(N)=N/O)c2)c(Br)c1. The van der Waals surface area contributed by atoms with E-state index in [1.807, 2.05) is 18.2 Å². The van der Waals surface area contributed by atoms with E-state index >= 15 is 0 Å². The van der Waals surface area contributed by atoms with Gasteiger partial charge in [-0.05, 0) is 51.8 Å². The van der Waals surface area contributed by atoms with Crippen LogP contribution in [0.1, 0.15) is 11.3 Å². The van der Waals surface area contributed by atoms with Gasteiger partial charge in [0.1, 0.15) is 23.8 Å². The zero-order valence-electron chi connectivity index (χ0n) is 11.3. The van der Waals surface area contributed by atoms with E-state index in [1.54, 1.807) is 25.4 Å². The Morgan fingerprint density at radius 1 is 1.38 bits per heavy atom. The summed E-state index contributed by atoms with van der Waals surface area (Å²) in [6.07, 6.45) is 1.58. The Balaban J connectivity index is 2.10. The van der Waals surface area contributed by atoms with E-state index in [0.29, 0.717) is 18.1 Å². The Hall–Kier alpha value is -2.28. The minimum atomic E-state index is -0.0394. The average molecular weight is 352 g/mol. The maximum Gasteiger partial charge on any atom is 0.188 e. The van der Waals surface area contributed by atoms with Crippen molar-refractivity contribution in [3.63, 3.8) is 0 Å². The Bertz CT molecular complexity index is 662. The fourth-order valence-corrected chi connectivity index (χ4v) is 2.11. The van der Waals surface area contributed by atoms with E-state index in [2.05, 4.69) is 26.1 Å². The number of methoxy groups -OCH3 is 1. The second-order valence-electron chi connectivity index (χ2n) is 4.12. The molecule has 7 heteroatoms. The van der Waals surface area contributed by atoms with E-state index in [1.165, 1.54) is 0 Å². The molecule has 1 aromatic heterocycles. The summed E-state index contributed by atoms with van der Waals surface area (Å²) >= 11 is 3.42. The minimum Gasteiger partial charge on any atom is -0.497 e. The van der Waals surface area contributed by atoms with Crippen LogP contribution < -0.4 is 15.2 Å². The van der Waals surface area contributed by atoms with Gasteiger partial charge in [0.15, 0.2) is 5.84 Å². The lowest BCUT2D eigenvalue weighted by Gasteiger charge is -2.10. The van der Waals surface area contributed by atoms with Gasteiger partial charge >= 0.3 is 0 Å². The molecule has 0 atom stereocenters. The maximum atomic E-state index is 8.65. The van der Waals surface area contributed by atoms with Gasteiger partial charge in [-0.2, -0.15) is 0 Å². The Labute approximate surface area is 130 Å². The van der Waals surface area contributed by atoms with Crippen LogP contribution in [0.15, 0.2) is 46.2 Å². The topological polar surface area (TPSA) is 90.0 Å². The summed E-state index contributed by atoms with van der Waals surface area (Å²) in [5.74, 6) is 1.40. The van der Waals surface area contributed by atoms with Gasteiger partial charge in [0.25, 0.3) is 0 Å². The van der Waals surface area contributed by atoms with Crippen LogP contribution in [0.5, 0.6) is 11.5 Å². The van der Waals surface area contributed by atoms with Gasteiger partial charge in [-0.1, -0.05) is 5.16 Å². The normalized spacial score (nSPS) is 11.2. The van der Waals surface area contributed by atoms with E-state index in [0.717, 1.165) is 15.8 Å². The highest BCUT2D eigenvalue weighted by Crippen LogP contribution is 2.29. The molecule has 0 amide bonds. The zero-order valence-corrected chi connectivity index (χ0v) is 12.9. The number of rotatable bonds is 5. The molecule has 110 valence electrons. The minimum absolute atomic E-state index is 0.0394. The predicted octanol–water partition coefficient (Wildman–Crippen LogP) is 2.53. The van der Waals surface area contributed by atoms with Crippen LogP contribution in [0.25, 0.3) is 0 Å². The lowest BCUT2D eigenvalue weighted by molar-refractivity contribution is 0.303.